The summed E-state index contributed by atoms with van der Waals surface area (Å²) in [6.45, 7) is 0.490. The lowest BCUT2D eigenvalue weighted by atomic mass is 10.2. The molecule has 114 valence electrons. The fraction of sp³-hybridized carbons (Fsp3) is 0.235. The predicted octanol–water partition coefficient (Wildman–Crippen LogP) is 3.19. The molecule has 4 N–H and O–H groups in total. The Morgan fingerprint density at radius 2 is 1.82 bits per heavy atom. The first-order valence-corrected chi connectivity index (χ1v) is 7.62. The number of hydrogen-bond donors (Lipinski definition) is 3. The molecule has 0 unspecified atom stereocenters. The third-order valence-corrected chi connectivity index (χ3v) is 4.13. The first kappa shape index (κ1) is 14.9. The molecule has 4 nitrogen and oxygen atoms in total. The van der Waals surface area contributed by atoms with Crippen molar-refractivity contribution in [2.75, 3.05) is 5.32 Å². The van der Waals surface area contributed by atoms with Crippen molar-refractivity contribution < 1.29 is 4.79 Å². The summed E-state index contributed by atoms with van der Waals surface area (Å²) in [7, 11) is 0. The number of carbonyl (C=O) groups excluding carboxylic acids is 1. The average molecular weight is 316 g/mol. The summed E-state index contributed by atoms with van der Waals surface area (Å²) in [4.78, 5) is 11.8. The molecule has 1 fully saturated rings. The minimum absolute atomic E-state index is 0.0641. The highest BCUT2D eigenvalue weighted by Crippen LogP contribution is 2.32. The highest BCUT2D eigenvalue weighted by molar-refractivity contribution is 6.33. The van der Waals surface area contributed by atoms with E-state index in [9.17, 15) is 4.79 Å². The molecular weight excluding hydrogens is 298 g/mol. The van der Waals surface area contributed by atoms with Crippen LogP contribution in [0.15, 0.2) is 48.5 Å². The van der Waals surface area contributed by atoms with Crippen molar-refractivity contribution in [3.05, 3.63) is 59.1 Å². The van der Waals surface area contributed by atoms with Gasteiger partial charge >= 0.3 is 0 Å². The number of para-hydroxylation sites is 1. The first-order valence-electron chi connectivity index (χ1n) is 7.24. The zero-order chi connectivity index (χ0) is 15.6. The summed E-state index contributed by atoms with van der Waals surface area (Å²) in [6.07, 6.45) is 1.55. The van der Waals surface area contributed by atoms with Gasteiger partial charge in [0, 0.05) is 12.2 Å². The topological polar surface area (TPSA) is 67.2 Å². The zero-order valence-corrected chi connectivity index (χ0v) is 12.9. The molecule has 1 saturated carbocycles. The van der Waals surface area contributed by atoms with Crippen LogP contribution in [0.4, 0.5) is 11.4 Å². The minimum Gasteiger partial charge on any atom is -0.354 e. The van der Waals surface area contributed by atoms with Gasteiger partial charge in [0.15, 0.2) is 0 Å². The van der Waals surface area contributed by atoms with Gasteiger partial charge in [-0.15, -0.1) is 0 Å². The van der Waals surface area contributed by atoms with Crippen molar-refractivity contribution in [2.45, 2.75) is 24.9 Å². The molecule has 0 spiro atoms. The lowest BCUT2D eigenvalue weighted by Crippen LogP contribution is -2.42. The maximum atomic E-state index is 11.8. The summed E-state index contributed by atoms with van der Waals surface area (Å²) in [6, 6.07) is 15.4. The van der Waals surface area contributed by atoms with Gasteiger partial charge in [0.25, 0.3) is 0 Å². The maximum Gasteiger partial charge on any atom is 0.240 e. The number of amides is 1. The van der Waals surface area contributed by atoms with Crippen molar-refractivity contribution in [3.8, 4) is 0 Å². The molecule has 3 rings (SSSR count). The van der Waals surface area contributed by atoms with Crippen molar-refractivity contribution in [3.63, 3.8) is 0 Å². The molecule has 5 heteroatoms. The molecule has 0 bridgehead atoms. The SMILES string of the molecule is NC1(C(=O)NCc2ccc(Nc3ccccc3Cl)cc2)CC1. The van der Waals surface area contributed by atoms with Gasteiger partial charge < -0.3 is 16.4 Å². The van der Waals surface area contributed by atoms with Crippen LogP contribution >= 0.6 is 11.6 Å². The van der Waals surface area contributed by atoms with Gasteiger partial charge in [-0.05, 0) is 42.7 Å². The largest absolute Gasteiger partial charge is 0.354 e. The third-order valence-electron chi connectivity index (χ3n) is 3.80. The number of benzene rings is 2. The third kappa shape index (κ3) is 3.40. The Morgan fingerprint density at radius 1 is 1.14 bits per heavy atom. The van der Waals surface area contributed by atoms with E-state index in [2.05, 4.69) is 10.6 Å². The summed E-state index contributed by atoms with van der Waals surface area (Å²) in [5.41, 5.74) is 8.06. The molecule has 22 heavy (non-hydrogen) atoms. The van der Waals surface area contributed by atoms with Gasteiger partial charge in [0.1, 0.15) is 0 Å². The fourth-order valence-electron chi connectivity index (χ4n) is 2.14. The summed E-state index contributed by atoms with van der Waals surface area (Å²) in [5, 5.41) is 6.81. The number of nitrogens with one attached hydrogen (secondary N) is 2. The normalized spacial score (nSPS) is 15.2. The van der Waals surface area contributed by atoms with E-state index in [1.807, 2.05) is 48.5 Å². The van der Waals surface area contributed by atoms with Crippen LogP contribution in [-0.4, -0.2) is 11.4 Å². The van der Waals surface area contributed by atoms with E-state index in [1.54, 1.807) is 0 Å². The Balaban J connectivity index is 1.58. The number of halogens is 1. The minimum atomic E-state index is -0.619. The molecule has 0 atom stereocenters. The molecule has 2 aromatic rings. The standard InChI is InChI=1S/C17H18ClN3O/c18-14-3-1-2-4-15(14)21-13-7-5-12(6-8-13)11-20-16(22)17(19)9-10-17/h1-8,21H,9-11,19H2,(H,20,22). The van der Waals surface area contributed by atoms with Crippen molar-refractivity contribution >= 4 is 28.9 Å². The van der Waals surface area contributed by atoms with E-state index in [0.29, 0.717) is 11.6 Å². The summed E-state index contributed by atoms with van der Waals surface area (Å²) < 4.78 is 0. The average Bonchev–Trinajstić information content (AvgIpc) is 3.28. The molecule has 0 heterocycles. The van der Waals surface area contributed by atoms with Gasteiger partial charge in [-0.25, -0.2) is 0 Å². The van der Waals surface area contributed by atoms with Crippen molar-refractivity contribution in [2.24, 2.45) is 5.73 Å². The molecule has 1 amide bonds. The van der Waals surface area contributed by atoms with Crippen molar-refractivity contribution in [1.82, 2.24) is 5.32 Å². The second kappa shape index (κ2) is 5.99. The number of anilines is 2. The number of carbonyl (C=O) groups is 1. The van der Waals surface area contributed by atoms with E-state index in [-0.39, 0.29) is 5.91 Å². The van der Waals surface area contributed by atoms with E-state index in [4.69, 9.17) is 17.3 Å². The van der Waals surface area contributed by atoms with Crippen molar-refractivity contribution in [1.29, 1.82) is 0 Å². The monoisotopic (exact) mass is 315 g/mol. The van der Waals surface area contributed by atoms with Crippen LogP contribution in [0.25, 0.3) is 0 Å². The lowest BCUT2D eigenvalue weighted by Gasteiger charge is -2.11. The Hall–Kier alpha value is -2.04. The van der Waals surface area contributed by atoms with E-state index in [0.717, 1.165) is 29.8 Å². The second-order valence-corrected chi connectivity index (χ2v) is 6.05. The quantitative estimate of drug-likeness (QED) is 0.794. The Morgan fingerprint density at radius 3 is 2.45 bits per heavy atom. The van der Waals surface area contributed by atoms with Crippen LogP contribution in [0, 0.1) is 0 Å². The Kier molecular flexibility index (Phi) is 4.05. The molecule has 0 aliphatic heterocycles. The molecule has 0 aromatic heterocycles. The van der Waals surface area contributed by atoms with Gasteiger partial charge in [-0.2, -0.15) is 0 Å². The first-order chi connectivity index (χ1) is 10.6. The summed E-state index contributed by atoms with van der Waals surface area (Å²) in [5.74, 6) is -0.0641. The van der Waals surface area contributed by atoms with Crippen LogP contribution in [0.2, 0.25) is 5.02 Å². The Labute approximate surface area is 134 Å². The lowest BCUT2D eigenvalue weighted by molar-refractivity contribution is -0.123. The molecule has 1 aliphatic rings. The Bertz CT molecular complexity index is 681. The fourth-order valence-corrected chi connectivity index (χ4v) is 2.33. The zero-order valence-electron chi connectivity index (χ0n) is 12.1. The number of rotatable bonds is 5. The van der Waals surface area contributed by atoms with Gasteiger partial charge in [-0.1, -0.05) is 35.9 Å². The van der Waals surface area contributed by atoms with Crippen LogP contribution in [-0.2, 0) is 11.3 Å². The number of hydrogen-bond acceptors (Lipinski definition) is 3. The molecule has 0 saturated heterocycles. The van der Waals surface area contributed by atoms with Gasteiger partial charge in [0.2, 0.25) is 5.91 Å². The highest BCUT2D eigenvalue weighted by Gasteiger charge is 2.45. The predicted molar refractivity (Wildman–Crippen MR) is 89.2 cm³/mol. The van der Waals surface area contributed by atoms with Crippen LogP contribution in [0.5, 0.6) is 0 Å². The maximum absolute atomic E-state index is 11.8. The smallest absolute Gasteiger partial charge is 0.240 e. The van der Waals surface area contributed by atoms with Gasteiger partial charge in [0.05, 0.1) is 16.2 Å². The van der Waals surface area contributed by atoms with Crippen LogP contribution in [0.1, 0.15) is 18.4 Å². The molecule has 1 aliphatic carbocycles. The molecule has 2 aromatic carbocycles. The van der Waals surface area contributed by atoms with Crippen LogP contribution < -0.4 is 16.4 Å². The van der Waals surface area contributed by atoms with Crippen LogP contribution in [0.3, 0.4) is 0 Å². The second-order valence-electron chi connectivity index (χ2n) is 5.64. The van der Waals surface area contributed by atoms with Gasteiger partial charge in [-0.3, -0.25) is 4.79 Å². The van der Waals surface area contributed by atoms with E-state index >= 15 is 0 Å². The highest BCUT2D eigenvalue weighted by atomic mass is 35.5. The molecule has 0 radical (unpaired) electrons. The van der Waals surface area contributed by atoms with E-state index in [1.165, 1.54) is 0 Å². The van der Waals surface area contributed by atoms with E-state index < -0.39 is 5.54 Å². The number of nitrogens with two attached hydrogens (primary N) is 1. The molecular formula is C17H18ClN3O. The summed E-state index contributed by atoms with van der Waals surface area (Å²) >= 11 is 6.12.